The summed E-state index contributed by atoms with van der Waals surface area (Å²) in [6.45, 7) is 0.879. The van der Waals surface area contributed by atoms with Crippen molar-refractivity contribution in [2.45, 2.75) is 18.9 Å². The molecule has 0 aliphatic carbocycles. The van der Waals surface area contributed by atoms with Gasteiger partial charge < -0.3 is 19.5 Å². The third-order valence-corrected chi connectivity index (χ3v) is 5.64. The van der Waals surface area contributed by atoms with Crippen LogP contribution in [0.4, 0.5) is 5.13 Å². The minimum atomic E-state index is -0.210. The average molecular weight is 394 g/mol. The van der Waals surface area contributed by atoms with Crippen LogP contribution in [-0.2, 0) is 16.0 Å². The number of nitrogens with zero attached hydrogens (tertiary/aromatic N) is 1. The Morgan fingerprint density at radius 3 is 3.04 bits per heavy atom. The fraction of sp³-hybridized carbons (Fsp3) is 0.238. The number of amides is 1. The van der Waals surface area contributed by atoms with Crippen molar-refractivity contribution in [1.82, 2.24) is 4.98 Å². The molecule has 3 heterocycles. The van der Waals surface area contributed by atoms with Crippen LogP contribution in [0, 0.1) is 0 Å². The minimum absolute atomic E-state index is 0.103. The molecule has 0 bridgehead atoms. The van der Waals surface area contributed by atoms with Crippen molar-refractivity contribution in [1.29, 1.82) is 0 Å². The molecule has 0 spiro atoms. The molecule has 1 unspecified atom stereocenters. The van der Waals surface area contributed by atoms with Crippen molar-refractivity contribution < 1.29 is 19.0 Å². The highest BCUT2D eigenvalue weighted by Gasteiger charge is 2.23. The van der Waals surface area contributed by atoms with Crippen LogP contribution in [0.25, 0.3) is 11.3 Å². The van der Waals surface area contributed by atoms with Crippen molar-refractivity contribution in [2.75, 3.05) is 18.7 Å². The van der Waals surface area contributed by atoms with E-state index in [2.05, 4.69) is 16.4 Å². The van der Waals surface area contributed by atoms with Crippen LogP contribution in [0.1, 0.15) is 23.7 Å². The Morgan fingerprint density at radius 1 is 1.18 bits per heavy atom. The highest BCUT2D eigenvalue weighted by molar-refractivity contribution is 7.14. The van der Waals surface area contributed by atoms with E-state index in [4.69, 9.17) is 14.2 Å². The standard InChI is InChI=1S/C21H18N2O4S/c24-20(10-18-15-4-2-1-3-13(15)7-8-25-18)23-21-22-16(11-28-21)14-5-6-17-19(9-14)27-12-26-17/h1-6,9,11,18H,7-8,10,12H2,(H,22,23,24). The molecule has 0 fully saturated rings. The molecule has 1 N–H and O–H groups in total. The lowest BCUT2D eigenvalue weighted by atomic mass is 9.96. The molecule has 3 aromatic rings. The smallest absolute Gasteiger partial charge is 0.231 e. The van der Waals surface area contributed by atoms with Gasteiger partial charge >= 0.3 is 0 Å². The van der Waals surface area contributed by atoms with Gasteiger partial charge in [0, 0.05) is 10.9 Å². The molecule has 6 nitrogen and oxygen atoms in total. The van der Waals surface area contributed by atoms with Gasteiger partial charge in [0.1, 0.15) is 0 Å². The number of carbonyl (C=O) groups excluding carboxylic acids is 1. The van der Waals surface area contributed by atoms with Crippen molar-refractivity contribution in [3.63, 3.8) is 0 Å². The van der Waals surface area contributed by atoms with Crippen molar-refractivity contribution >= 4 is 22.4 Å². The number of anilines is 1. The van der Waals surface area contributed by atoms with Crippen LogP contribution in [0.2, 0.25) is 0 Å². The third kappa shape index (κ3) is 3.34. The van der Waals surface area contributed by atoms with Crippen LogP contribution in [0.5, 0.6) is 11.5 Å². The fourth-order valence-corrected chi connectivity index (χ4v) is 4.24. The Bertz CT molecular complexity index is 1030. The van der Waals surface area contributed by atoms with Crippen molar-refractivity contribution in [3.8, 4) is 22.8 Å². The normalized spacial score (nSPS) is 17.2. The van der Waals surface area contributed by atoms with Crippen LogP contribution in [0.15, 0.2) is 47.8 Å². The first-order chi connectivity index (χ1) is 13.8. The number of ether oxygens (including phenoxy) is 3. The Labute approximate surface area is 166 Å². The lowest BCUT2D eigenvalue weighted by Gasteiger charge is -2.25. The zero-order valence-electron chi connectivity index (χ0n) is 15.0. The van der Waals surface area contributed by atoms with Gasteiger partial charge in [-0.3, -0.25) is 4.79 Å². The molecule has 2 aliphatic rings. The number of hydrogen-bond donors (Lipinski definition) is 1. The molecule has 1 aromatic heterocycles. The average Bonchev–Trinajstić information content (AvgIpc) is 3.37. The molecule has 7 heteroatoms. The Balaban J connectivity index is 1.27. The summed E-state index contributed by atoms with van der Waals surface area (Å²) in [4.78, 5) is 17.1. The fourth-order valence-electron chi connectivity index (χ4n) is 3.50. The quantitative estimate of drug-likeness (QED) is 0.719. The zero-order valence-corrected chi connectivity index (χ0v) is 15.8. The van der Waals surface area contributed by atoms with E-state index in [1.807, 2.05) is 41.8 Å². The number of aromatic nitrogens is 1. The number of carbonyl (C=O) groups is 1. The van der Waals surface area contributed by atoms with E-state index in [1.54, 1.807) is 0 Å². The van der Waals surface area contributed by atoms with Gasteiger partial charge in [0.15, 0.2) is 16.6 Å². The molecule has 142 valence electrons. The maximum atomic E-state index is 12.5. The second-order valence-corrected chi connectivity index (χ2v) is 7.52. The van der Waals surface area contributed by atoms with E-state index in [0.717, 1.165) is 29.0 Å². The van der Waals surface area contributed by atoms with Crippen molar-refractivity contribution in [2.24, 2.45) is 0 Å². The van der Waals surface area contributed by atoms with Gasteiger partial charge in [-0.2, -0.15) is 0 Å². The molecule has 28 heavy (non-hydrogen) atoms. The number of fused-ring (bicyclic) bond motifs is 2. The zero-order chi connectivity index (χ0) is 18.9. The Kier molecular flexibility index (Phi) is 4.46. The first-order valence-electron chi connectivity index (χ1n) is 9.11. The molecule has 1 atom stereocenters. The summed E-state index contributed by atoms with van der Waals surface area (Å²) in [7, 11) is 0. The van der Waals surface area contributed by atoms with Crippen LogP contribution < -0.4 is 14.8 Å². The molecule has 5 rings (SSSR count). The molecule has 0 radical (unpaired) electrons. The molecule has 2 aliphatic heterocycles. The predicted molar refractivity (Wildman–Crippen MR) is 106 cm³/mol. The lowest BCUT2D eigenvalue weighted by Crippen LogP contribution is -2.22. The summed E-state index contributed by atoms with van der Waals surface area (Å²) >= 11 is 1.40. The Morgan fingerprint density at radius 2 is 2.07 bits per heavy atom. The van der Waals surface area contributed by atoms with Gasteiger partial charge in [-0.05, 0) is 35.7 Å². The molecule has 0 saturated carbocycles. The van der Waals surface area contributed by atoms with Crippen molar-refractivity contribution in [3.05, 3.63) is 59.0 Å². The first kappa shape index (κ1) is 17.2. The molecular formula is C21H18N2O4S. The maximum Gasteiger partial charge on any atom is 0.231 e. The van der Waals surface area contributed by atoms with Crippen LogP contribution in [-0.4, -0.2) is 24.3 Å². The molecular weight excluding hydrogens is 376 g/mol. The summed E-state index contributed by atoms with van der Waals surface area (Å²) in [5, 5.41) is 5.38. The summed E-state index contributed by atoms with van der Waals surface area (Å²) in [6.07, 6.45) is 0.952. The topological polar surface area (TPSA) is 69.7 Å². The van der Waals surface area contributed by atoms with E-state index in [0.29, 0.717) is 17.5 Å². The van der Waals surface area contributed by atoms with E-state index < -0.39 is 0 Å². The van der Waals surface area contributed by atoms with E-state index >= 15 is 0 Å². The van der Waals surface area contributed by atoms with E-state index in [9.17, 15) is 4.79 Å². The number of hydrogen-bond acceptors (Lipinski definition) is 6. The molecule has 0 saturated heterocycles. The van der Waals surface area contributed by atoms with Gasteiger partial charge in [-0.15, -0.1) is 11.3 Å². The number of thiazole rings is 1. The number of benzene rings is 2. The second-order valence-electron chi connectivity index (χ2n) is 6.67. The lowest BCUT2D eigenvalue weighted by molar-refractivity contribution is -0.119. The van der Waals surface area contributed by atoms with Crippen LogP contribution >= 0.6 is 11.3 Å². The summed E-state index contributed by atoms with van der Waals surface area (Å²) in [5.41, 5.74) is 4.07. The van der Waals surface area contributed by atoms with E-state index in [-0.39, 0.29) is 25.2 Å². The number of nitrogens with one attached hydrogen (secondary N) is 1. The van der Waals surface area contributed by atoms with Gasteiger partial charge in [0.05, 0.1) is 24.8 Å². The van der Waals surface area contributed by atoms with E-state index in [1.165, 1.54) is 16.9 Å². The summed E-state index contributed by atoms with van der Waals surface area (Å²) < 4.78 is 16.6. The largest absolute Gasteiger partial charge is 0.454 e. The minimum Gasteiger partial charge on any atom is -0.454 e. The molecule has 1 amide bonds. The first-order valence-corrected chi connectivity index (χ1v) is 9.99. The second kappa shape index (κ2) is 7.26. The third-order valence-electron chi connectivity index (χ3n) is 4.88. The monoisotopic (exact) mass is 394 g/mol. The number of rotatable bonds is 4. The summed E-state index contributed by atoms with van der Waals surface area (Å²) in [5.74, 6) is 1.35. The molecule has 2 aromatic carbocycles. The maximum absolute atomic E-state index is 12.5. The Hall–Kier alpha value is -2.90. The van der Waals surface area contributed by atoms with Gasteiger partial charge in [-0.1, -0.05) is 24.3 Å². The van der Waals surface area contributed by atoms with Crippen LogP contribution in [0.3, 0.4) is 0 Å². The SMILES string of the molecule is O=C(CC1OCCc2ccccc21)Nc1nc(-c2ccc3c(c2)OCO3)cs1. The van der Waals surface area contributed by atoms with Gasteiger partial charge in [0.2, 0.25) is 12.7 Å². The highest BCUT2D eigenvalue weighted by atomic mass is 32.1. The summed E-state index contributed by atoms with van der Waals surface area (Å²) in [6, 6.07) is 13.8. The van der Waals surface area contributed by atoms with Gasteiger partial charge in [0.25, 0.3) is 0 Å². The van der Waals surface area contributed by atoms with Gasteiger partial charge in [-0.25, -0.2) is 4.98 Å². The predicted octanol–water partition coefficient (Wildman–Crippen LogP) is 4.18. The highest BCUT2D eigenvalue weighted by Crippen LogP contribution is 2.36.